The summed E-state index contributed by atoms with van der Waals surface area (Å²) < 4.78 is 36.8. The van der Waals surface area contributed by atoms with Crippen molar-refractivity contribution in [2.45, 2.75) is 50.9 Å². The number of nitrogens with one attached hydrogen (secondary N) is 1. The van der Waals surface area contributed by atoms with Crippen LogP contribution >= 0.6 is 0 Å². The van der Waals surface area contributed by atoms with E-state index in [1.165, 1.54) is 25.9 Å². The molecule has 0 aliphatic carbocycles. The molecule has 128 valence electrons. The number of hydrogen-bond donors (Lipinski definition) is 1. The summed E-state index contributed by atoms with van der Waals surface area (Å²) in [5, 5.41) is 2.58. The van der Waals surface area contributed by atoms with Gasteiger partial charge in [-0.2, -0.15) is 13.2 Å². The Morgan fingerprint density at radius 2 is 1.91 bits per heavy atom. The minimum absolute atomic E-state index is 0.439. The van der Waals surface area contributed by atoms with Crippen LogP contribution in [-0.2, 0) is 0 Å². The third-order valence-corrected chi connectivity index (χ3v) is 5.80. The molecule has 4 aliphatic heterocycles. The van der Waals surface area contributed by atoms with Gasteiger partial charge < -0.3 is 5.32 Å². The predicted molar refractivity (Wildman–Crippen MR) is 80.8 cm³/mol. The Bertz CT molecular complexity index is 366. The standard InChI is InChI=1S/C16H28F3N3/c1-2-7-22-10-13-12-4-8-21(9-5-12)15(13)14(22)3-6-20-11-16(17,18)19/h12-15,20H,2-11H2,1H3. The molecule has 4 saturated heterocycles. The van der Waals surface area contributed by atoms with Gasteiger partial charge in [-0.25, -0.2) is 0 Å². The molecule has 1 N–H and O–H groups in total. The summed E-state index contributed by atoms with van der Waals surface area (Å²) >= 11 is 0. The Hall–Kier alpha value is -0.330. The van der Waals surface area contributed by atoms with Crippen LogP contribution in [0.5, 0.6) is 0 Å². The third-order valence-electron chi connectivity index (χ3n) is 5.80. The van der Waals surface area contributed by atoms with Crippen LogP contribution in [0.15, 0.2) is 0 Å². The first-order valence-corrected chi connectivity index (χ1v) is 8.75. The predicted octanol–water partition coefficient (Wildman–Crippen LogP) is 2.33. The van der Waals surface area contributed by atoms with E-state index >= 15 is 0 Å². The summed E-state index contributed by atoms with van der Waals surface area (Å²) in [5.41, 5.74) is 0. The van der Waals surface area contributed by atoms with Crippen LogP contribution in [0.4, 0.5) is 13.2 Å². The maximum atomic E-state index is 12.3. The first-order valence-electron chi connectivity index (χ1n) is 8.75. The molecular weight excluding hydrogens is 291 g/mol. The molecule has 4 heterocycles. The molecule has 0 aromatic carbocycles. The summed E-state index contributed by atoms with van der Waals surface area (Å²) in [6.45, 7) is 6.41. The average molecular weight is 319 g/mol. The Balaban J connectivity index is 1.59. The fourth-order valence-electron chi connectivity index (χ4n) is 4.98. The highest BCUT2D eigenvalue weighted by molar-refractivity contribution is 5.06. The van der Waals surface area contributed by atoms with Crippen molar-refractivity contribution in [2.75, 3.05) is 39.3 Å². The Labute approximate surface area is 131 Å². The van der Waals surface area contributed by atoms with Gasteiger partial charge in [0.2, 0.25) is 0 Å². The van der Waals surface area contributed by atoms with Crippen molar-refractivity contribution < 1.29 is 13.2 Å². The molecule has 3 unspecified atom stereocenters. The first kappa shape index (κ1) is 16.5. The van der Waals surface area contributed by atoms with Crippen LogP contribution in [0.1, 0.15) is 32.6 Å². The maximum absolute atomic E-state index is 12.3. The second kappa shape index (κ2) is 6.65. The molecular formula is C16H28F3N3. The molecule has 0 aromatic rings. The lowest BCUT2D eigenvalue weighted by Crippen LogP contribution is -2.57. The van der Waals surface area contributed by atoms with Crippen LogP contribution < -0.4 is 5.32 Å². The summed E-state index contributed by atoms with van der Waals surface area (Å²) in [4.78, 5) is 5.18. The Morgan fingerprint density at radius 1 is 1.18 bits per heavy atom. The van der Waals surface area contributed by atoms with E-state index in [9.17, 15) is 13.2 Å². The molecule has 2 bridgehead atoms. The fourth-order valence-corrected chi connectivity index (χ4v) is 4.98. The minimum Gasteiger partial charge on any atom is -0.309 e. The monoisotopic (exact) mass is 319 g/mol. The molecule has 3 atom stereocenters. The maximum Gasteiger partial charge on any atom is 0.401 e. The number of hydrogen-bond acceptors (Lipinski definition) is 3. The highest BCUT2D eigenvalue weighted by atomic mass is 19.4. The zero-order valence-electron chi connectivity index (χ0n) is 13.4. The molecule has 0 aromatic heterocycles. The molecule has 6 heteroatoms. The van der Waals surface area contributed by atoms with Gasteiger partial charge in [0.1, 0.15) is 0 Å². The van der Waals surface area contributed by atoms with Crippen LogP contribution in [-0.4, -0.2) is 67.3 Å². The molecule has 22 heavy (non-hydrogen) atoms. The van der Waals surface area contributed by atoms with Crippen LogP contribution in [0, 0.1) is 11.8 Å². The topological polar surface area (TPSA) is 18.5 Å². The van der Waals surface area contributed by atoms with Gasteiger partial charge in [0, 0.05) is 18.6 Å². The van der Waals surface area contributed by atoms with Crippen molar-refractivity contribution in [1.29, 1.82) is 0 Å². The second-order valence-electron chi connectivity index (χ2n) is 7.17. The van der Waals surface area contributed by atoms with Crippen LogP contribution in [0.25, 0.3) is 0 Å². The Kier molecular flexibility index (Phi) is 5.00. The lowest BCUT2D eigenvalue weighted by Gasteiger charge is -2.49. The second-order valence-corrected chi connectivity index (χ2v) is 7.17. The molecule has 3 nitrogen and oxygen atoms in total. The average Bonchev–Trinajstić information content (AvgIpc) is 2.85. The minimum atomic E-state index is -4.10. The fraction of sp³-hybridized carbons (Fsp3) is 1.00. The van der Waals surface area contributed by atoms with Crippen molar-refractivity contribution >= 4 is 0 Å². The zero-order chi connectivity index (χ0) is 15.7. The summed E-state index contributed by atoms with van der Waals surface area (Å²) in [6.07, 6.45) is 0.492. The number of nitrogens with zero attached hydrogens (tertiary/aromatic N) is 2. The summed E-state index contributed by atoms with van der Waals surface area (Å²) in [7, 11) is 0. The van der Waals surface area contributed by atoms with Crippen molar-refractivity contribution in [2.24, 2.45) is 11.8 Å². The molecule has 0 radical (unpaired) electrons. The Morgan fingerprint density at radius 3 is 2.55 bits per heavy atom. The van der Waals surface area contributed by atoms with E-state index < -0.39 is 12.7 Å². The smallest absolute Gasteiger partial charge is 0.309 e. The number of piperidine rings is 3. The molecule has 0 amide bonds. The highest BCUT2D eigenvalue weighted by Crippen LogP contribution is 2.44. The van der Waals surface area contributed by atoms with Crippen LogP contribution in [0.3, 0.4) is 0 Å². The van der Waals surface area contributed by atoms with Gasteiger partial charge in [-0.3, -0.25) is 9.80 Å². The van der Waals surface area contributed by atoms with Crippen molar-refractivity contribution in [3.05, 3.63) is 0 Å². The summed E-state index contributed by atoms with van der Waals surface area (Å²) in [6, 6.07) is 1.03. The lowest BCUT2D eigenvalue weighted by molar-refractivity contribution is -0.124. The van der Waals surface area contributed by atoms with Crippen molar-refractivity contribution in [3.8, 4) is 0 Å². The zero-order valence-corrected chi connectivity index (χ0v) is 13.4. The third kappa shape index (κ3) is 3.44. The number of rotatable bonds is 6. The van der Waals surface area contributed by atoms with E-state index in [0.29, 0.717) is 18.6 Å². The summed E-state index contributed by atoms with van der Waals surface area (Å²) in [5.74, 6) is 1.60. The van der Waals surface area contributed by atoms with Crippen molar-refractivity contribution in [1.82, 2.24) is 15.1 Å². The van der Waals surface area contributed by atoms with E-state index in [2.05, 4.69) is 22.0 Å². The first-order chi connectivity index (χ1) is 10.5. The molecule has 0 spiro atoms. The van der Waals surface area contributed by atoms with Gasteiger partial charge in [0.05, 0.1) is 6.54 Å². The molecule has 4 rings (SSSR count). The molecule has 4 aliphatic rings. The van der Waals surface area contributed by atoms with Gasteiger partial charge in [-0.15, -0.1) is 0 Å². The van der Waals surface area contributed by atoms with Gasteiger partial charge in [-0.1, -0.05) is 6.92 Å². The molecule has 0 saturated carbocycles. The van der Waals surface area contributed by atoms with E-state index in [-0.39, 0.29) is 0 Å². The highest BCUT2D eigenvalue weighted by Gasteiger charge is 2.51. The SMILES string of the molecule is CCCN1CC2C3CCN(CC3)C2C1CCNCC(F)(F)F. The lowest BCUT2D eigenvalue weighted by atomic mass is 9.73. The van der Waals surface area contributed by atoms with E-state index in [0.717, 1.165) is 37.8 Å². The van der Waals surface area contributed by atoms with E-state index in [1.54, 1.807) is 0 Å². The molecule has 4 fully saturated rings. The van der Waals surface area contributed by atoms with Gasteiger partial charge in [-0.05, 0) is 63.7 Å². The largest absolute Gasteiger partial charge is 0.401 e. The number of alkyl halides is 3. The van der Waals surface area contributed by atoms with Gasteiger partial charge >= 0.3 is 6.18 Å². The van der Waals surface area contributed by atoms with Crippen LogP contribution in [0.2, 0.25) is 0 Å². The number of likely N-dealkylation sites (tertiary alicyclic amines) is 1. The quantitative estimate of drug-likeness (QED) is 0.758. The van der Waals surface area contributed by atoms with Crippen molar-refractivity contribution in [3.63, 3.8) is 0 Å². The normalized spacial score (nSPS) is 38.5. The van der Waals surface area contributed by atoms with E-state index in [1.807, 2.05) is 0 Å². The number of fused-ring (bicyclic) bond motifs is 2. The van der Waals surface area contributed by atoms with Gasteiger partial charge in [0.15, 0.2) is 0 Å². The number of halogens is 3. The van der Waals surface area contributed by atoms with E-state index in [4.69, 9.17) is 0 Å². The van der Waals surface area contributed by atoms with Gasteiger partial charge in [0.25, 0.3) is 0 Å².